The van der Waals surface area contributed by atoms with E-state index in [1.54, 1.807) is 12.3 Å². The molecular weight excluding hydrogens is 216 g/mol. The molecule has 0 aliphatic heterocycles. The average Bonchev–Trinajstić information content (AvgIpc) is 2.88. The molecule has 1 heterocycles. The Kier molecular flexibility index (Phi) is 2.04. The van der Waals surface area contributed by atoms with Crippen molar-refractivity contribution in [2.24, 2.45) is 0 Å². The Hall–Kier alpha value is -2.10. The van der Waals surface area contributed by atoms with Gasteiger partial charge in [-0.25, -0.2) is 0 Å². The number of aromatic amines is 1. The molecular formula is C13H12N2O2. The first-order valence-corrected chi connectivity index (χ1v) is 5.54. The topological polar surface area (TPSA) is 66.0 Å². The maximum atomic E-state index is 11.5. The van der Waals surface area contributed by atoms with Crippen LogP contribution >= 0.6 is 0 Å². The van der Waals surface area contributed by atoms with Gasteiger partial charge in [-0.1, -0.05) is 30.3 Å². The van der Waals surface area contributed by atoms with E-state index in [-0.39, 0.29) is 5.92 Å². The van der Waals surface area contributed by atoms with Crippen LogP contribution in [0.25, 0.3) is 0 Å². The zero-order valence-electron chi connectivity index (χ0n) is 9.13. The highest BCUT2D eigenvalue weighted by Gasteiger charge is 2.63. The molecule has 1 aliphatic carbocycles. The van der Waals surface area contributed by atoms with E-state index in [4.69, 9.17) is 0 Å². The molecule has 1 aliphatic rings. The number of aromatic nitrogens is 2. The number of aliphatic carboxylic acids is 1. The summed E-state index contributed by atoms with van der Waals surface area (Å²) in [5, 5.41) is 16.2. The highest BCUT2D eigenvalue weighted by molar-refractivity contribution is 5.87. The molecule has 1 saturated carbocycles. The fraction of sp³-hybridized carbons (Fsp3) is 0.231. The Balaban J connectivity index is 2.00. The quantitative estimate of drug-likeness (QED) is 0.843. The first kappa shape index (κ1) is 10.1. The molecule has 0 spiro atoms. The number of nitrogens with one attached hydrogen (secondary N) is 1. The minimum atomic E-state index is -0.832. The first-order chi connectivity index (χ1) is 8.25. The van der Waals surface area contributed by atoms with Crippen LogP contribution < -0.4 is 0 Å². The minimum absolute atomic E-state index is 0.0319. The Morgan fingerprint density at radius 3 is 2.71 bits per heavy atom. The second kappa shape index (κ2) is 3.45. The van der Waals surface area contributed by atoms with Crippen LogP contribution in [0.2, 0.25) is 0 Å². The number of rotatable bonds is 3. The molecule has 2 unspecified atom stereocenters. The average molecular weight is 228 g/mol. The third kappa shape index (κ3) is 1.37. The van der Waals surface area contributed by atoms with Crippen molar-refractivity contribution >= 4 is 5.97 Å². The van der Waals surface area contributed by atoms with E-state index in [2.05, 4.69) is 10.2 Å². The largest absolute Gasteiger partial charge is 0.481 e. The van der Waals surface area contributed by atoms with Crippen LogP contribution in [-0.4, -0.2) is 21.3 Å². The highest BCUT2D eigenvalue weighted by Crippen LogP contribution is 2.60. The fourth-order valence-corrected chi connectivity index (χ4v) is 2.49. The Morgan fingerprint density at radius 1 is 1.35 bits per heavy atom. The van der Waals surface area contributed by atoms with Crippen molar-refractivity contribution in [3.05, 3.63) is 53.9 Å². The molecule has 1 aromatic carbocycles. The lowest BCUT2D eigenvalue weighted by Crippen LogP contribution is -2.22. The lowest BCUT2D eigenvalue weighted by Gasteiger charge is -2.09. The van der Waals surface area contributed by atoms with E-state index in [1.165, 1.54) is 0 Å². The summed E-state index contributed by atoms with van der Waals surface area (Å²) in [6.45, 7) is 0. The third-order valence-electron chi connectivity index (χ3n) is 3.50. The molecule has 2 N–H and O–H groups in total. The molecule has 0 amide bonds. The minimum Gasteiger partial charge on any atom is -0.481 e. The van der Waals surface area contributed by atoms with Gasteiger partial charge in [0.15, 0.2) is 0 Å². The fourth-order valence-electron chi connectivity index (χ4n) is 2.49. The number of H-pyrrole nitrogens is 1. The van der Waals surface area contributed by atoms with Gasteiger partial charge in [0, 0.05) is 12.1 Å². The van der Waals surface area contributed by atoms with Gasteiger partial charge in [-0.3, -0.25) is 9.89 Å². The van der Waals surface area contributed by atoms with Gasteiger partial charge < -0.3 is 5.11 Å². The van der Waals surface area contributed by atoms with Crippen molar-refractivity contribution in [1.29, 1.82) is 0 Å². The summed E-state index contributed by atoms with van der Waals surface area (Å²) in [5.41, 5.74) is 0.859. The highest BCUT2D eigenvalue weighted by atomic mass is 16.4. The summed E-state index contributed by atoms with van der Waals surface area (Å²) in [6.07, 6.45) is 2.29. The molecule has 0 radical (unpaired) electrons. The molecule has 0 saturated heterocycles. The zero-order chi connectivity index (χ0) is 11.9. The third-order valence-corrected chi connectivity index (χ3v) is 3.50. The van der Waals surface area contributed by atoms with Crippen molar-refractivity contribution in [2.45, 2.75) is 17.8 Å². The Bertz CT molecular complexity index is 536. The van der Waals surface area contributed by atoms with Gasteiger partial charge in [0.2, 0.25) is 0 Å². The van der Waals surface area contributed by atoms with Gasteiger partial charge in [0.25, 0.3) is 0 Å². The standard InChI is InChI=1S/C13H12N2O2/c16-12(17)13(11-6-7-14-15-11)8-10(13)9-4-2-1-3-5-9/h1-7,10H,8H2,(H,14,15)(H,16,17). The van der Waals surface area contributed by atoms with Crippen molar-refractivity contribution in [3.8, 4) is 0 Å². The maximum absolute atomic E-state index is 11.5. The summed E-state index contributed by atoms with van der Waals surface area (Å²) >= 11 is 0. The lowest BCUT2D eigenvalue weighted by atomic mass is 9.96. The smallest absolute Gasteiger partial charge is 0.316 e. The summed E-state index contributed by atoms with van der Waals surface area (Å²) in [7, 11) is 0. The monoisotopic (exact) mass is 228 g/mol. The molecule has 3 rings (SSSR count). The summed E-state index contributed by atoms with van der Waals surface area (Å²) < 4.78 is 0. The van der Waals surface area contributed by atoms with Crippen molar-refractivity contribution < 1.29 is 9.90 Å². The molecule has 0 bridgehead atoms. The molecule has 2 aromatic rings. The molecule has 86 valence electrons. The van der Waals surface area contributed by atoms with Gasteiger partial charge in [0.1, 0.15) is 5.41 Å². The van der Waals surface area contributed by atoms with E-state index in [1.807, 2.05) is 30.3 Å². The van der Waals surface area contributed by atoms with Gasteiger partial charge in [-0.05, 0) is 18.1 Å². The van der Waals surface area contributed by atoms with E-state index in [0.29, 0.717) is 12.1 Å². The number of hydrogen-bond donors (Lipinski definition) is 2. The predicted octanol–water partition coefficient (Wildman–Crippen LogP) is 1.92. The lowest BCUT2D eigenvalue weighted by molar-refractivity contribution is -0.140. The number of carboxylic acids is 1. The van der Waals surface area contributed by atoms with Crippen molar-refractivity contribution in [3.63, 3.8) is 0 Å². The SMILES string of the molecule is O=C(O)C1(c2cc[nH]n2)CC1c1ccccc1. The number of benzene rings is 1. The van der Waals surface area contributed by atoms with Gasteiger partial charge in [-0.15, -0.1) is 0 Å². The molecule has 4 heteroatoms. The van der Waals surface area contributed by atoms with Crippen LogP contribution in [0.3, 0.4) is 0 Å². The number of nitrogens with zero attached hydrogens (tertiary/aromatic N) is 1. The van der Waals surface area contributed by atoms with Crippen LogP contribution in [0.4, 0.5) is 0 Å². The second-order valence-electron chi connectivity index (χ2n) is 4.40. The van der Waals surface area contributed by atoms with E-state index in [0.717, 1.165) is 5.56 Å². The second-order valence-corrected chi connectivity index (χ2v) is 4.40. The summed E-state index contributed by atoms with van der Waals surface area (Å²) in [6, 6.07) is 11.5. The van der Waals surface area contributed by atoms with E-state index >= 15 is 0 Å². The Morgan fingerprint density at radius 2 is 2.12 bits per heavy atom. The van der Waals surface area contributed by atoms with Crippen LogP contribution in [0.15, 0.2) is 42.6 Å². The number of carboxylic acid groups (broad SMARTS) is 1. The molecule has 1 fully saturated rings. The molecule has 2 atom stereocenters. The predicted molar refractivity (Wildman–Crippen MR) is 61.7 cm³/mol. The maximum Gasteiger partial charge on any atom is 0.316 e. The molecule has 4 nitrogen and oxygen atoms in total. The van der Waals surface area contributed by atoms with Gasteiger partial charge in [-0.2, -0.15) is 5.10 Å². The first-order valence-electron chi connectivity index (χ1n) is 5.54. The van der Waals surface area contributed by atoms with Gasteiger partial charge >= 0.3 is 5.97 Å². The van der Waals surface area contributed by atoms with E-state index < -0.39 is 11.4 Å². The number of hydrogen-bond acceptors (Lipinski definition) is 2. The molecule has 17 heavy (non-hydrogen) atoms. The molecule has 1 aromatic heterocycles. The van der Waals surface area contributed by atoms with Crippen molar-refractivity contribution in [1.82, 2.24) is 10.2 Å². The Labute approximate surface area is 98.3 Å². The number of carbonyl (C=O) groups is 1. The zero-order valence-corrected chi connectivity index (χ0v) is 9.13. The van der Waals surface area contributed by atoms with Crippen LogP contribution in [0.5, 0.6) is 0 Å². The van der Waals surface area contributed by atoms with Crippen LogP contribution in [0, 0.1) is 0 Å². The van der Waals surface area contributed by atoms with Crippen LogP contribution in [0.1, 0.15) is 23.6 Å². The normalized spacial score (nSPS) is 26.7. The van der Waals surface area contributed by atoms with Crippen molar-refractivity contribution in [2.75, 3.05) is 0 Å². The van der Waals surface area contributed by atoms with Gasteiger partial charge in [0.05, 0.1) is 5.69 Å². The summed E-state index contributed by atoms with van der Waals surface area (Å²) in [4.78, 5) is 11.5. The summed E-state index contributed by atoms with van der Waals surface area (Å²) in [5.74, 6) is -0.761. The van der Waals surface area contributed by atoms with E-state index in [9.17, 15) is 9.90 Å². The van der Waals surface area contributed by atoms with Crippen LogP contribution in [-0.2, 0) is 10.2 Å².